The molecule has 0 saturated carbocycles. The third kappa shape index (κ3) is 1.71. The number of nitrogens with zero attached hydrogens (tertiary/aromatic N) is 1. The quantitative estimate of drug-likeness (QED) is 0.376. The molecule has 0 aliphatic carbocycles. The summed E-state index contributed by atoms with van der Waals surface area (Å²) in [5.74, 6) is 1.02. The monoisotopic (exact) mass is 265 g/mol. The molecule has 0 fully saturated rings. The van der Waals surface area contributed by atoms with Crippen LogP contribution in [0, 0.1) is 0 Å². The van der Waals surface area contributed by atoms with Crippen LogP contribution in [0.15, 0.2) is 5.16 Å². The number of quaternary nitrogens is 1. The molecule has 3 N–H and O–H groups in total. The van der Waals surface area contributed by atoms with Gasteiger partial charge in [0, 0.05) is 12.0 Å². The second kappa shape index (κ2) is 4.31. The first-order valence-electron chi connectivity index (χ1n) is 6.30. The second-order valence-corrected chi connectivity index (χ2v) is 5.06. The first-order chi connectivity index (χ1) is 9.13. The third-order valence-corrected chi connectivity index (χ3v) is 3.80. The minimum Gasteiger partial charge on any atom is -0.504 e. The fourth-order valence-corrected chi connectivity index (χ4v) is 2.84. The van der Waals surface area contributed by atoms with Crippen LogP contribution in [0.1, 0.15) is 23.6 Å². The van der Waals surface area contributed by atoms with E-state index in [1.165, 1.54) is 4.90 Å². The summed E-state index contributed by atoms with van der Waals surface area (Å²) >= 11 is 0. The Morgan fingerprint density at radius 3 is 2.74 bits per heavy atom. The SMILES string of the molecule is C/C(=N\O)c1c2c(c(O)c3c1OCO3)C[NH+](C)CC2. The van der Waals surface area contributed by atoms with Gasteiger partial charge in [-0.1, -0.05) is 5.16 Å². The molecule has 0 bridgehead atoms. The van der Waals surface area contributed by atoms with Gasteiger partial charge in [-0.15, -0.1) is 0 Å². The van der Waals surface area contributed by atoms with Gasteiger partial charge in [0.1, 0.15) is 6.54 Å². The zero-order valence-corrected chi connectivity index (χ0v) is 11.0. The molecule has 0 radical (unpaired) electrons. The van der Waals surface area contributed by atoms with Gasteiger partial charge >= 0.3 is 0 Å². The molecule has 0 amide bonds. The Morgan fingerprint density at radius 1 is 1.26 bits per heavy atom. The predicted octanol–water partition coefficient (Wildman–Crippen LogP) is -0.110. The van der Waals surface area contributed by atoms with Crippen molar-refractivity contribution in [1.82, 2.24) is 0 Å². The van der Waals surface area contributed by atoms with Crippen LogP contribution in [0.2, 0.25) is 0 Å². The number of hydrogen-bond acceptors (Lipinski definition) is 5. The Labute approximate surface area is 110 Å². The normalized spacial score (nSPS) is 21.4. The van der Waals surface area contributed by atoms with Crippen molar-refractivity contribution in [3.8, 4) is 17.2 Å². The van der Waals surface area contributed by atoms with Gasteiger partial charge in [-0.05, 0) is 12.5 Å². The van der Waals surface area contributed by atoms with Gasteiger partial charge in [0.05, 0.1) is 24.9 Å². The fraction of sp³-hybridized carbons (Fsp3) is 0.462. The van der Waals surface area contributed by atoms with Gasteiger partial charge < -0.3 is 24.7 Å². The van der Waals surface area contributed by atoms with Crippen molar-refractivity contribution >= 4 is 5.71 Å². The number of benzene rings is 1. The lowest BCUT2D eigenvalue weighted by molar-refractivity contribution is -0.895. The third-order valence-electron chi connectivity index (χ3n) is 3.80. The van der Waals surface area contributed by atoms with E-state index in [0.717, 1.165) is 36.2 Å². The highest BCUT2D eigenvalue weighted by Crippen LogP contribution is 2.48. The first kappa shape index (κ1) is 12.1. The van der Waals surface area contributed by atoms with E-state index in [-0.39, 0.29) is 12.5 Å². The summed E-state index contributed by atoms with van der Waals surface area (Å²) in [4.78, 5) is 1.33. The Morgan fingerprint density at radius 2 is 2.00 bits per heavy atom. The van der Waals surface area contributed by atoms with E-state index >= 15 is 0 Å². The van der Waals surface area contributed by atoms with Gasteiger partial charge in [-0.25, -0.2) is 0 Å². The van der Waals surface area contributed by atoms with Crippen LogP contribution in [-0.4, -0.2) is 36.4 Å². The van der Waals surface area contributed by atoms with Gasteiger partial charge in [0.2, 0.25) is 12.5 Å². The highest BCUT2D eigenvalue weighted by atomic mass is 16.7. The van der Waals surface area contributed by atoms with E-state index in [4.69, 9.17) is 14.7 Å². The predicted molar refractivity (Wildman–Crippen MR) is 67.4 cm³/mol. The van der Waals surface area contributed by atoms with Crippen LogP contribution in [0.5, 0.6) is 17.2 Å². The van der Waals surface area contributed by atoms with Crippen molar-refractivity contribution in [2.45, 2.75) is 19.9 Å². The number of phenols is 1. The average Bonchev–Trinajstić information content (AvgIpc) is 2.88. The molecule has 2 aliphatic rings. The largest absolute Gasteiger partial charge is 0.504 e. The van der Waals surface area contributed by atoms with Crippen molar-refractivity contribution < 1.29 is 24.7 Å². The van der Waals surface area contributed by atoms with E-state index < -0.39 is 0 Å². The molecule has 19 heavy (non-hydrogen) atoms. The smallest absolute Gasteiger partial charge is 0.231 e. The molecule has 1 atom stereocenters. The molecule has 2 aliphatic heterocycles. The van der Waals surface area contributed by atoms with Crippen molar-refractivity contribution in [2.75, 3.05) is 20.4 Å². The van der Waals surface area contributed by atoms with Crippen molar-refractivity contribution in [3.63, 3.8) is 0 Å². The summed E-state index contributed by atoms with van der Waals surface area (Å²) in [5.41, 5.74) is 3.11. The summed E-state index contributed by atoms with van der Waals surface area (Å²) in [5, 5.41) is 22.7. The fourth-order valence-electron chi connectivity index (χ4n) is 2.84. The minimum absolute atomic E-state index is 0.0835. The maximum absolute atomic E-state index is 10.3. The number of aromatic hydroxyl groups is 1. The van der Waals surface area contributed by atoms with Gasteiger partial charge in [0.15, 0.2) is 11.5 Å². The number of nitrogens with one attached hydrogen (secondary N) is 1. The number of hydrogen-bond donors (Lipinski definition) is 3. The molecule has 0 saturated heterocycles. The topological polar surface area (TPSA) is 75.7 Å². The van der Waals surface area contributed by atoms with E-state index in [1.807, 2.05) is 0 Å². The van der Waals surface area contributed by atoms with E-state index in [1.54, 1.807) is 6.92 Å². The van der Waals surface area contributed by atoms with E-state index in [2.05, 4.69) is 12.2 Å². The number of fused-ring (bicyclic) bond motifs is 2. The molecule has 6 heteroatoms. The molecule has 0 aromatic heterocycles. The van der Waals surface area contributed by atoms with Crippen LogP contribution >= 0.6 is 0 Å². The lowest BCUT2D eigenvalue weighted by Crippen LogP contribution is -3.08. The van der Waals surface area contributed by atoms with Crippen LogP contribution in [-0.2, 0) is 13.0 Å². The maximum Gasteiger partial charge on any atom is 0.231 e. The maximum atomic E-state index is 10.3. The molecule has 3 rings (SSSR count). The van der Waals surface area contributed by atoms with E-state index in [0.29, 0.717) is 17.2 Å². The number of likely N-dealkylation sites (N-methyl/N-ethyl adjacent to an activating group) is 1. The number of oxime groups is 1. The molecule has 1 unspecified atom stereocenters. The first-order valence-corrected chi connectivity index (χ1v) is 6.30. The van der Waals surface area contributed by atoms with E-state index in [9.17, 15) is 5.11 Å². The number of rotatable bonds is 1. The molecule has 2 heterocycles. The van der Waals surface area contributed by atoms with Crippen LogP contribution in [0.25, 0.3) is 0 Å². The lowest BCUT2D eigenvalue weighted by Gasteiger charge is -2.25. The zero-order chi connectivity index (χ0) is 13.6. The van der Waals surface area contributed by atoms with Crippen LogP contribution in [0.3, 0.4) is 0 Å². The molecular weight excluding hydrogens is 248 g/mol. The molecule has 6 nitrogen and oxygen atoms in total. The van der Waals surface area contributed by atoms with Gasteiger partial charge in [-0.2, -0.15) is 0 Å². The zero-order valence-electron chi connectivity index (χ0n) is 11.0. The molecular formula is C13H17N2O4+. The second-order valence-electron chi connectivity index (χ2n) is 5.06. The Kier molecular flexibility index (Phi) is 2.74. The molecule has 102 valence electrons. The summed E-state index contributed by atoms with van der Waals surface area (Å²) in [6.07, 6.45) is 0.813. The lowest BCUT2D eigenvalue weighted by atomic mass is 9.90. The Bertz CT molecular complexity index is 568. The number of ether oxygens (including phenoxy) is 2. The van der Waals surface area contributed by atoms with Crippen LogP contribution in [0.4, 0.5) is 0 Å². The molecule has 0 spiro atoms. The number of phenolic OH excluding ortho intramolecular Hbond substituents is 1. The van der Waals surface area contributed by atoms with Crippen LogP contribution < -0.4 is 14.4 Å². The highest BCUT2D eigenvalue weighted by Gasteiger charge is 2.34. The summed E-state index contributed by atoms with van der Waals surface area (Å²) in [6, 6.07) is 0. The molecule has 1 aromatic carbocycles. The molecule has 1 aromatic rings. The van der Waals surface area contributed by atoms with Gasteiger partial charge in [-0.3, -0.25) is 0 Å². The summed E-state index contributed by atoms with van der Waals surface area (Å²) in [6.45, 7) is 3.50. The Hall–Kier alpha value is -1.95. The standard InChI is InChI=1S/C13H16N2O4/c1-7(14-17)10-8-3-4-15(2)5-9(8)11(16)13-12(10)18-6-19-13/h16-17H,3-6H2,1-2H3/p+1/b14-7+. The van der Waals surface area contributed by atoms with Crippen molar-refractivity contribution in [3.05, 3.63) is 16.7 Å². The summed E-state index contributed by atoms with van der Waals surface area (Å²) < 4.78 is 10.8. The highest BCUT2D eigenvalue weighted by molar-refractivity contribution is 6.04. The Balaban J connectivity index is 2.29. The van der Waals surface area contributed by atoms with Gasteiger partial charge in [0.25, 0.3) is 0 Å². The van der Waals surface area contributed by atoms with Crippen molar-refractivity contribution in [2.24, 2.45) is 5.16 Å². The average molecular weight is 265 g/mol. The minimum atomic E-state index is 0.0835. The van der Waals surface area contributed by atoms with Crippen molar-refractivity contribution in [1.29, 1.82) is 0 Å². The summed E-state index contributed by atoms with van der Waals surface area (Å²) in [7, 11) is 2.08.